The van der Waals surface area contributed by atoms with Gasteiger partial charge in [-0.05, 0) is 68.0 Å². The summed E-state index contributed by atoms with van der Waals surface area (Å²) in [6.07, 6.45) is 4.81. The Bertz CT molecular complexity index is 1030. The number of carbonyl (C=O) groups excluding carboxylic acids is 1. The van der Waals surface area contributed by atoms with E-state index in [0.29, 0.717) is 11.8 Å². The van der Waals surface area contributed by atoms with Gasteiger partial charge in [-0.15, -0.1) is 10.2 Å². The third-order valence-electron chi connectivity index (χ3n) is 5.28. The zero-order valence-electron chi connectivity index (χ0n) is 17.4. The highest BCUT2D eigenvalue weighted by atomic mass is 32.2. The van der Waals surface area contributed by atoms with E-state index in [4.69, 9.17) is 4.74 Å². The van der Waals surface area contributed by atoms with Crippen LogP contribution in [0.4, 0.5) is 5.69 Å². The second-order valence-corrected chi connectivity index (χ2v) is 8.53. The maximum atomic E-state index is 12.2. The van der Waals surface area contributed by atoms with Gasteiger partial charge in [0.2, 0.25) is 5.91 Å². The summed E-state index contributed by atoms with van der Waals surface area (Å²) in [6, 6.07) is 14.1. The normalized spacial score (nSPS) is 13.0. The largest absolute Gasteiger partial charge is 0.486 e. The lowest BCUT2D eigenvalue weighted by Crippen LogP contribution is -2.14. The second-order valence-electron chi connectivity index (χ2n) is 7.59. The number of aromatic nitrogens is 3. The number of rotatable bonds is 7. The van der Waals surface area contributed by atoms with Gasteiger partial charge in [0.1, 0.15) is 12.4 Å². The van der Waals surface area contributed by atoms with Crippen molar-refractivity contribution in [3.05, 3.63) is 65.0 Å². The summed E-state index contributed by atoms with van der Waals surface area (Å²) < 4.78 is 7.83. The van der Waals surface area contributed by atoms with Crippen molar-refractivity contribution in [2.24, 2.45) is 7.05 Å². The summed E-state index contributed by atoms with van der Waals surface area (Å²) >= 11 is 1.36. The minimum atomic E-state index is -0.0706. The molecule has 1 aromatic heterocycles. The lowest BCUT2D eigenvalue weighted by Gasteiger charge is -2.16. The summed E-state index contributed by atoms with van der Waals surface area (Å²) in [4.78, 5) is 12.2. The Morgan fingerprint density at radius 1 is 1.10 bits per heavy atom. The van der Waals surface area contributed by atoms with E-state index >= 15 is 0 Å². The third kappa shape index (κ3) is 5.02. The molecule has 1 amide bonds. The number of aryl methyl sites for hydroxylation is 3. The molecule has 3 aromatic rings. The summed E-state index contributed by atoms with van der Waals surface area (Å²) in [7, 11) is 1.89. The molecule has 0 fully saturated rings. The SMILES string of the molecule is Cc1ccc(NC(=O)CSc2nnc(COc3ccc4c(c3)CCCC4)n2C)cc1. The van der Waals surface area contributed by atoms with E-state index in [9.17, 15) is 4.79 Å². The number of benzene rings is 2. The van der Waals surface area contributed by atoms with Gasteiger partial charge >= 0.3 is 0 Å². The summed E-state index contributed by atoms with van der Waals surface area (Å²) in [5.41, 5.74) is 4.79. The van der Waals surface area contributed by atoms with Crippen LogP contribution in [-0.2, 0) is 31.3 Å². The van der Waals surface area contributed by atoms with Crippen molar-refractivity contribution in [3.8, 4) is 5.75 Å². The number of anilines is 1. The molecule has 1 N–H and O–H groups in total. The monoisotopic (exact) mass is 422 g/mol. The minimum Gasteiger partial charge on any atom is -0.486 e. The fraction of sp³-hybridized carbons (Fsp3) is 0.348. The highest BCUT2D eigenvalue weighted by Crippen LogP contribution is 2.26. The second kappa shape index (κ2) is 9.34. The first-order valence-corrected chi connectivity index (χ1v) is 11.2. The van der Waals surface area contributed by atoms with Crippen LogP contribution in [0.1, 0.15) is 35.4 Å². The first-order chi connectivity index (χ1) is 14.6. The zero-order valence-corrected chi connectivity index (χ0v) is 18.2. The zero-order chi connectivity index (χ0) is 20.9. The number of ether oxygens (including phenoxy) is 1. The van der Waals surface area contributed by atoms with Gasteiger partial charge in [-0.2, -0.15) is 0 Å². The third-order valence-corrected chi connectivity index (χ3v) is 6.30. The van der Waals surface area contributed by atoms with Gasteiger partial charge in [0.25, 0.3) is 0 Å². The van der Waals surface area contributed by atoms with Crippen molar-refractivity contribution in [3.63, 3.8) is 0 Å². The highest BCUT2D eigenvalue weighted by molar-refractivity contribution is 7.99. The van der Waals surface area contributed by atoms with Crippen LogP contribution in [0.2, 0.25) is 0 Å². The summed E-state index contributed by atoms with van der Waals surface area (Å²) in [5, 5.41) is 12.0. The maximum absolute atomic E-state index is 12.2. The molecule has 1 aliphatic carbocycles. The molecule has 0 saturated carbocycles. The predicted molar refractivity (Wildman–Crippen MR) is 119 cm³/mol. The number of nitrogens with zero attached hydrogens (tertiary/aromatic N) is 3. The molecule has 2 aromatic carbocycles. The minimum absolute atomic E-state index is 0.0706. The molecule has 156 valence electrons. The Morgan fingerprint density at radius 3 is 2.67 bits per heavy atom. The Balaban J connectivity index is 1.30. The lowest BCUT2D eigenvalue weighted by atomic mass is 9.92. The molecule has 30 heavy (non-hydrogen) atoms. The molecule has 4 rings (SSSR count). The van der Waals surface area contributed by atoms with Crippen LogP contribution >= 0.6 is 11.8 Å². The van der Waals surface area contributed by atoms with Gasteiger partial charge in [-0.25, -0.2) is 0 Å². The fourth-order valence-corrected chi connectivity index (χ4v) is 4.24. The van der Waals surface area contributed by atoms with Crippen molar-refractivity contribution >= 4 is 23.4 Å². The average molecular weight is 423 g/mol. The number of thioether (sulfide) groups is 1. The van der Waals surface area contributed by atoms with Gasteiger partial charge in [-0.3, -0.25) is 4.79 Å². The van der Waals surface area contributed by atoms with Crippen LogP contribution < -0.4 is 10.1 Å². The molecular formula is C23H26N4O2S. The van der Waals surface area contributed by atoms with Crippen LogP contribution in [-0.4, -0.2) is 26.4 Å². The van der Waals surface area contributed by atoms with Crippen molar-refractivity contribution in [1.82, 2.24) is 14.8 Å². The molecule has 0 aliphatic heterocycles. The van der Waals surface area contributed by atoms with Crippen LogP contribution in [0.25, 0.3) is 0 Å². The number of hydrogen-bond donors (Lipinski definition) is 1. The lowest BCUT2D eigenvalue weighted by molar-refractivity contribution is -0.113. The summed E-state index contributed by atoms with van der Waals surface area (Å²) in [5.74, 6) is 1.80. The number of amides is 1. The van der Waals surface area contributed by atoms with Crippen molar-refractivity contribution < 1.29 is 9.53 Å². The molecule has 0 atom stereocenters. The number of nitrogens with one attached hydrogen (secondary N) is 1. The standard InChI is InChI=1S/C23H26N4O2S/c1-16-7-10-19(11-8-16)24-22(28)15-30-23-26-25-21(27(23)2)14-29-20-12-9-17-5-3-4-6-18(17)13-20/h7-13H,3-6,14-15H2,1-2H3,(H,24,28). The Kier molecular flexibility index (Phi) is 6.38. The smallest absolute Gasteiger partial charge is 0.234 e. The van der Waals surface area contributed by atoms with Gasteiger partial charge in [0.05, 0.1) is 5.75 Å². The molecule has 0 unspecified atom stereocenters. The fourth-order valence-electron chi connectivity index (χ4n) is 3.51. The van der Waals surface area contributed by atoms with E-state index in [1.807, 2.05) is 48.9 Å². The molecule has 0 spiro atoms. The molecule has 0 radical (unpaired) electrons. The van der Waals surface area contributed by atoms with E-state index in [0.717, 1.165) is 35.7 Å². The van der Waals surface area contributed by atoms with E-state index < -0.39 is 0 Å². The molecular weight excluding hydrogens is 396 g/mol. The Hall–Kier alpha value is -2.80. The van der Waals surface area contributed by atoms with Crippen LogP contribution in [0.3, 0.4) is 0 Å². The summed E-state index contributed by atoms with van der Waals surface area (Å²) in [6.45, 7) is 2.36. The van der Waals surface area contributed by atoms with Gasteiger partial charge in [0, 0.05) is 12.7 Å². The van der Waals surface area contributed by atoms with Crippen molar-refractivity contribution in [2.45, 2.75) is 44.4 Å². The molecule has 1 aliphatic rings. The number of fused-ring (bicyclic) bond motifs is 1. The molecule has 7 heteroatoms. The number of carbonyl (C=O) groups is 1. The van der Waals surface area contributed by atoms with Gasteiger partial charge in [-0.1, -0.05) is 35.5 Å². The number of hydrogen-bond acceptors (Lipinski definition) is 5. The first kappa shape index (κ1) is 20.5. The van der Waals surface area contributed by atoms with E-state index in [2.05, 4.69) is 27.6 Å². The van der Waals surface area contributed by atoms with E-state index in [-0.39, 0.29) is 11.7 Å². The van der Waals surface area contributed by atoms with Gasteiger partial charge < -0.3 is 14.6 Å². The van der Waals surface area contributed by atoms with Crippen molar-refractivity contribution in [1.29, 1.82) is 0 Å². The molecule has 0 saturated heterocycles. The van der Waals surface area contributed by atoms with Crippen LogP contribution in [0.15, 0.2) is 47.6 Å². The predicted octanol–water partition coefficient (Wildman–Crippen LogP) is 4.31. The van der Waals surface area contributed by atoms with E-state index in [1.165, 1.54) is 35.7 Å². The van der Waals surface area contributed by atoms with Crippen LogP contribution in [0.5, 0.6) is 5.75 Å². The quantitative estimate of drug-likeness (QED) is 0.575. The topological polar surface area (TPSA) is 69.0 Å². The highest BCUT2D eigenvalue weighted by Gasteiger charge is 2.14. The average Bonchev–Trinajstić information content (AvgIpc) is 3.11. The molecule has 6 nitrogen and oxygen atoms in total. The Labute approximate surface area is 181 Å². The molecule has 1 heterocycles. The maximum Gasteiger partial charge on any atom is 0.234 e. The Morgan fingerprint density at radius 2 is 1.87 bits per heavy atom. The van der Waals surface area contributed by atoms with Crippen molar-refractivity contribution in [2.75, 3.05) is 11.1 Å². The van der Waals surface area contributed by atoms with E-state index in [1.54, 1.807) is 0 Å². The molecule has 0 bridgehead atoms. The van der Waals surface area contributed by atoms with Crippen LogP contribution in [0, 0.1) is 6.92 Å². The van der Waals surface area contributed by atoms with Gasteiger partial charge in [0.15, 0.2) is 11.0 Å². The first-order valence-electron chi connectivity index (χ1n) is 10.2.